The molecular weight excluding hydrogens is 457 g/mol. The second kappa shape index (κ2) is 10.3. The monoisotopic (exact) mass is 489 g/mol. The van der Waals surface area contributed by atoms with Crippen molar-refractivity contribution in [1.82, 2.24) is 4.90 Å². The van der Waals surface area contributed by atoms with E-state index < -0.39 is 5.41 Å². The van der Waals surface area contributed by atoms with Crippen molar-refractivity contribution < 1.29 is 4.79 Å². The van der Waals surface area contributed by atoms with Gasteiger partial charge in [-0.05, 0) is 0 Å². The number of rotatable bonds is 9. The van der Waals surface area contributed by atoms with Crippen molar-refractivity contribution in [3.63, 3.8) is 0 Å². The molecule has 0 N–H and O–H groups in total. The Morgan fingerprint density at radius 1 is 0.812 bits per heavy atom. The van der Waals surface area contributed by atoms with Crippen LogP contribution in [0, 0.1) is 5.41 Å². The van der Waals surface area contributed by atoms with E-state index in [1.807, 2.05) is 12.1 Å². The molecule has 0 saturated heterocycles. The van der Waals surface area contributed by atoms with Crippen LogP contribution in [-0.4, -0.2) is 25.8 Å². The van der Waals surface area contributed by atoms with Crippen molar-refractivity contribution in [3.8, 4) is 0 Å². The Kier molecular flexibility index (Phi) is 7.29. The summed E-state index contributed by atoms with van der Waals surface area (Å²) in [5, 5.41) is 2.00. The van der Waals surface area contributed by atoms with Crippen LogP contribution >= 0.6 is 0 Å². The number of amides is 1. The van der Waals surface area contributed by atoms with E-state index in [-0.39, 0.29) is 5.91 Å². The molecule has 0 spiro atoms. The molecule has 3 aromatic rings. The first-order valence-electron chi connectivity index (χ1n) is 11.4. The Morgan fingerprint density at radius 3 is 1.97 bits per heavy atom. The summed E-state index contributed by atoms with van der Waals surface area (Å²) in [5.74, 6) is 0.263. The van der Waals surface area contributed by atoms with Gasteiger partial charge < -0.3 is 0 Å². The van der Waals surface area contributed by atoms with Crippen LogP contribution in [-0.2, 0) is 16.7 Å². The first kappa shape index (κ1) is 22.6. The van der Waals surface area contributed by atoms with Gasteiger partial charge in [0, 0.05) is 0 Å². The van der Waals surface area contributed by atoms with Crippen LogP contribution in [0.3, 0.4) is 0 Å². The molecule has 3 aromatic carbocycles. The minimum absolute atomic E-state index is 0.263. The van der Waals surface area contributed by atoms with Gasteiger partial charge in [-0.1, -0.05) is 0 Å². The Labute approximate surface area is 198 Å². The van der Waals surface area contributed by atoms with E-state index in [4.69, 9.17) is 0 Å². The molecule has 0 fully saturated rings. The van der Waals surface area contributed by atoms with Crippen LogP contribution in [0.5, 0.6) is 0 Å². The van der Waals surface area contributed by atoms with Crippen LogP contribution < -0.4 is 0 Å². The Bertz CT molecular complexity index is 1060. The van der Waals surface area contributed by atoms with Crippen LogP contribution in [0.25, 0.3) is 5.70 Å². The van der Waals surface area contributed by atoms with Gasteiger partial charge in [-0.2, -0.15) is 0 Å². The number of benzene rings is 3. The summed E-state index contributed by atoms with van der Waals surface area (Å²) in [6.07, 6.45) is 2.00. The maximum absolute atomic E-state index is 14.0. The molecule has 0 aliphatic carbocycles. The molecule has 2 nitrogen and oxygen atoms in total. The molecule has 1 heterocycles. The molecule has 1 aliphatic rings. The first-order chi connectivity index (χ1) is 15.6. The predicted octanol–water partition coefficient (Wildman–Crippen LogP) is 6.57. The molecule has 1 atom stereocenters. The Morgan fingerprint density at radius 2 is 1.38 bits per heavy atom. The molecule has 0 aromatic heterocycles. The fourth-order valence-electron chi connectivity index (χ4n) is 4.54. The Balaban J connectivity index is 1.69. The van der Waals surface area contributed by atoms with Crippen molar-refractivity contribution in [3.05, 3.63) is 113 Å². The second-order valence-electron chi connectivity index (χ2n) is 8.63. The predicted molar refractivity (Wildman–Crippen MR) is 134 cm³/mol. The van der Waals surface area contributed by atoms with Crippen LogP contribution in [0.1, 0.15) is 43.4 Å². The molecular formula is C29H31NOSe. The van der Waals surface area contributed by atoms with Gasteiger partial charge in [0.15, 0.2) is 0 Å². The van der Waals surface area contributed by atoms with Gasteiger partial charge in [-0.3, -0.25) is 0 Å². The molecule has 0 radical (unpaired) electrons. The number of hydrogen-bond acceptors (Lipinski definition) is 1. The van der Waals surface area contributed by atoms with Gasteiger partial charge in [0.05, 0.1) is 0 Å². The summed E-state index contributed by atoms with van der Waals surface area (Å²) in [6.45, 7) is 5.04. The summed E-state index contributed by atoms with van der Waals surface area (Å²) < 4.78 is 0. The van der Waals surface area contributed by atoms with Crippen LogP contribution in [0.4, 0.5) is 0 Å². The third-order valence-corrected chi connectivity index (χ3v) is 8.94. The number of hydrogen-bond donors (Lipinski definition) is 0. The zero-order valence-electron chi connectivity index (χ0n) is 19.0. The fourth-order valence-corrected chi connectivity index (χ4v) is 7.13. The van der Waals surface area contributed by atoms with E-state index >= 15 is 0 Å². The van der Waals surface area contributed by atoms with Crippen molar-refractivity contribution in [2.45, 2.75) is 43.9 Å². The number of nitrogens with zero attached hydrogens (tertiary/aromatic N) is 1. The molecule has 0 bridgehead atoms. The maximum atomic E-state index is 14.0. The molecule has 4 rings (SSSR count). The van der Waals surface area contributed by atoms with Crippen molar-refractivity contribution in [1.29, 1.82) is 0 Å². The molecule has 164 valence electrons. The summed E-state index contributed by atoms with van der Waals surface area (Å²) in [4.78, 5) is 16.1. The number of carbonyl (C=O) groups excluding carboxylic acids is 1. The molecule has 3 heteroatoms. The summed E-state index contributed by atoms with van der Waals surface area (Å²) in [7, 11) is 0. The minimum atomic E-state index is -0.426. The van der Waals surface area contributed by atoms with E-state index in [1.54, 1.807) is 0 Å². The SMILES string of the molecule is CCCC1=C(c2ccccc2)N(Cc2ccccc2)C(=O)C1(C)C[Se]Cc1ccccc1. The van der Waals surface area contributed by atoms with Gasteiger partial charge in [0.25, 0.3) is 0 Å². The van der Waals surface area contributed by atoms with Crippen molar-refractivity contribution in [2.24, 2.45) is 5.41 Å². The average molecular weight is 489 g/mol. The topological polar surface area (TPSA) is 20.3 Å². The molecule has 1 amide bonds. The number of carbonyl (C=O) groups is 1. The van der Waals surface area contributed by atoms with Gasteiger partial charge >= 0.3 is 199 Å². The first-order valence-corrected chi connectivity index (χ1v) is 13.8. The summed E-state index contributed by atoms with van der Waals surface area (Å²) in [6, 6.07) is 31.5. The third kappa shape index (κ3) is 4.75. The van der Waals surface area contributed by atoms with E-state index in [1.165, 1.54) is 16.7 Å². The zero-order valence-corrected chi connectivity index (χ0v) is 20.7. The molecule has 0 saturated carbocycles. The quantitative estimate of drug-likeness (QED) is 0.312. The molecule has 32 heavy (non-hydrogen) atoms. The van der Waals surface area contributed by atoms with E-state index in [0.717, 1.165) is 34.7 Å². The van der Waals surface area contributed by atoms with Gasteiger partial charge in [0.1, 0.15) is 0 Å². The van der Waals surface area contributed by atoms with Crippen LogP contribution in [0.15, 0.2) is 96.6 Å². The van der Waals surface area contributed by atoms with Gasteiger partial charge in [-0.15, -0.1) is 0 Å². The third-order valence-electron chi connectivity index (χ3n) is 6.17. The fraction of sp³-hybridized carbons (Fsp3) is 0.276. The molecule has 1 unspecified atom stereocenters. The van der Waals surface area contributed by atoms with Crippen molar-refractivity contribution in [2.75, 3.05) is 0 Å². The molecule has 1 aliphatic heterocycles. The normalized spacial score (nSPS) is 18.4. The zero-order chi connectivity index (χ0) is 22.4. The standard InChI is InChI=1S/C29H31NOSe/c1-3-13-26-27(25-18-11-6-12-19-25)30(20-23-14-7-4-8-15-23)28(31)29(26,2)22-32-21-24-16-9-5-10-17-24/h4-12,14-19H,3,13,20-22H2,1-2H3. The van der Waals surface area contributed by atoms with E-state index in [2.05, 4.69) is 97.6 Å². The Hall–Kier alpha value is -2.61. The van der Waals surface area contributed by atoms with Gasteiger partial charge in [0.2, 0.25) is 0 Å². The van der Waals surface area contributed by atoms with Crippen LogP contribution in [0.2, 0.25) is 5.32 Å². The summed E-state index contributed by atoms with van der Waals surface area (Å²) >= 11 is 0.356. The second-order valence-corrected chi connectivity index (χ2v) is 10.7. The van der Waals surface area contributed by atoms with Gasteiger partial charge in [-0.25, -0.2) is 0 Å². The van der Waals surface area contributed by atoms with Crippen molar-refractivity contribution >= 4 is 26.6 Å². The average Bonchev–Trinajstić information content (AvgIpc) is 3.03. The summed E-state index contributed by atoms with van der Waals surface area (Å²) in [5.41, 5.74) is 5.72. The van der Waals surface area contributed by atoms with E-state index in [9.17, 15) is 4.79 Å². The van der Waals surface area contributed by atoms with E-state index in [0.29, 0.717) is 21.5 Å².